The molecule has 0 fully saturated rings. The molecule has 0 radical (unpaired) electrons. The summed E-state index contributed by atoms with van der Waals surface area (Å²) in [5, 5.41) is 0.237. The van der Waals surface area contributed by atoms with Gasteiger partial charge < -0.3 is 4.90 Å². The first-order valence-electron chi connectivity index (χ1n) is 6.44. The molecule has 0 aliphatic carbocycles. The van der Waals surface area contributed by atoms with Gasteiger partial charge in [0, 0.05) is 18.3 Å². The molecule has 0 bridgehead atoms. The highest BCUT2D eigenvalue weighted by Gasteiger charge is 2.24. The lowest BCUT2D eigenvalue weighted by Crippen LogP contribution is -2.42. The molecule has 0 aromatic carbocycles. The van der Waals surface area contributed by atoms with Crippen LogP contribution in [0.25, 0.3) is 0 Å². The Balaban J connectivity index is 2.93. The average molecular weight is 319 g/mol. The fraction of sp³-hybridized carbons (Fsp3) is 0.538. The highest BCUT2D eigenvalue weighted by Crippen LogP contribution is 2.11. The van der Waals surface area contributed by atoms with E-state index in [0.717, 1.165) is 0 Å². The van der Waals surface area contributed by atoms with Gasteiger partial charge in [-0.3, -0.25) is 4.79 Å². The number of aromatic nitrogens is 1. The van der Waals surface area contributed by atoms with E-state index in [1.54, 1.807) is 39.0 Å². The Morgan fingerprint density at radius 1 is 1.40 bits per heavy atom. The van der Waals surface area contributed by atoms with Crippen molar-refractivity contribution < 1.29 is 13.2 Å². The van der Waals surface area contributed by atoms with E-state index in [2.05, 4.69) is 4.98 Å². The van der Waals surface area contributed by atoms with Crippen LogP contribution < -0.4 is 0 Å². The average Bonchev–Trinajstić information content (AvgIpc) is 2.38. The van der Waals surface area contributed by atoms with Gasteiger partial charge in [0.1, 0.15) is 10.8 Å². The van der Waals surface area contributed by atoms with Gasteiger partial charge in [-0.1, -0.05) is 24.6 Å². The smallest absolute Gasteiger partial charge is 0.272 e. The largest absolute Gasteiger partial charge is 0.334 e. The SMILES string of the molecule is CCN(C(=O)c1cccc(Cl)n1)[C@@H](C)CS(=O)(=O)CC. The number of rotatable bonds is 6. The molecule has 1 amide bonds. The summed E-state index contributed by atoms with van der Waals surface area (Å²) in [7, 11) is -3.14. The van der Waals surface area contributed by atoms with E-state index < -0.39 is 15.9 Å². The Labute approximate surface area is 124 Å². The number of hydrogen-bond acceptors (Lipinski definition) is 4. The molecule has 0 N–H and O–H groups in total. The molecule has 1 atom stereocenters. The van der Waals surface area contributed by atoms with Crippen LogP contribution in [0, 0.1) is 0 Å². The highest BCUT2D eigenvalue weighted by molar-refractivity contribution is 7.91. The third-order valence-corrected chi connectivity index (χ3v) is 5.08. The molecule has 0 saturated heterocycles. The van der Waals surface area contributed by atoms with E-state index in [4.69, 9.17) is 11.6 Å². The van der Waals surface area contributed by atoms with E-state index >= 15 is 0 Å². The predicted octanol–water partition coefficient (Wildman–Crippen LogP) is 2.02. The maximum atomic E-state index is 12.4. The Morgan fingerprint density at radius 2 is 2.05 bits per heavy atom. The molecular formula is C13H19ClN2O3S. The van der Waals surface area contributed by atoms with Crippen molar-refractivity contribution in [3.8, 4) is 0 Å². The number of sulfone groups is 1. The lowest BCUT2D eigenvalue weighted by atomic mass is 10.2. The van der Waals surface area contributed by atoms with Gasteiger partial charge >= 0.3 is 0 Å². The number of hydrogen-bond donors (Lipinski definition) is 0. The summed E-state index contributed by atoms with van der Waals surface area (Å²) in [5.74, 6) is -0.295. The molecule has 0 saturated carbocycles. The first-order valence-corrected chi connectivity index (χ1v) is 8.64. The minimum atomic E-state index is -3.14. The van der Waals surface area contributed by atoms with Gasteiger partial charge in [-0.25, -0.2) is 13.4 Å². The van der Waals surface area contributed by atoms with E-state index in [0.29, 0.717) is 6.54 Å². The standard InChI is InChI=1S/C13H19ClN2O3S/c1-4-16(10(3)9-20(18,19)5-2)13(17)11-7-6-8-12(14)15-11/h6-8,10H,4-5,9H2,1-3H3/t10-/m0/s1. The second kappa shape index (κ2) is 7.04. The Morgan fingerprint density at radius 3 is 2.55 bits per heavy atom. The van der Waals surface area contributed by atoms with Crippen LogP contribution in [-0.2, 0) is 9.84 Å². The lowest BCUT2D eigenvalue weighted by molar-refractivity contribution is 0.0713. The summed E-state index contributed by atoms with van der Waals surface area (Å²) in [4.78, 5) is 17.8. The van der Waals surface area contributed by atoms with Gasteiger partial charge in [-0.2, -0.15) is 0 Å². The second-order valence-corrected chi connectivity index (χ2v) is 7.27. The molecule has 5 nitrogen and oxygen atoms in total. The van der Waals surface area contributed by atoms with Crippen molar-refractivity contribution in [3.63, 3.8) is 0 Å². The van der Waals surface area contributed by atoms with Crippen molar-refractivity contribution in [2.75, 3.05) is 18.1 Å². The quantitative estimate of drug-likeness (QED) is 0.753. The van der Waals surface area contributed by atoms with Gasteiger partial charge in [0.15, 0.2) is 9.84 Å². The van der Waals surface area contributed by atoms with Crippen LogP contribution in [0.4, 0.5) is 0 Å². The molecule has 0 spiro atoms. The Kier molecular flexibility index (Phi) is 5.95. The fourth-order valence-corrected chi connectivity index (χ4v) is 3.22. The number of halogens is 1. The number of carbonyl (C=O) groups excluding carboxylic acids is 1. The van der Waals surface area contributed by atoms with Crippen molar-refractivity contribution in [3.05, 3.63) is 29.0 Å². The molecule has 1 aromatic heterocycles. The van der Waals surface area contributed by atoms with E-state index in [9.17, 15) is 13.2 Å². The van der Waals surface area contributed by atoms with E-state index in [1.807, 2.05) is 0 Å². The maximum Gasteiger partial charge on any atom is 0.272 e. The van der Waals surface area contributed by atoms with Crippen LogP contribution in [0.2, 0.25) is 5.15 Å². The number of pyridine rings is 1. The molecule has 0 aliphatic heterocycles. The third kappa shape index (κ3) is 4.45. The summed E-state index contributed by atoms with van der Waals surface area (Å²) in [6, 6.07) is 4.39. The summed E-state index contributed by atoms with van der Waals surface area (Å²) in [6.07, 6.45) is 0. The molecule has 1 aromatic rings. The van der Waals surface area contributed by atoms with Crippen LogP contribution in [0.1, 0.15) is 31.3 Å². The highest BCUT2D eigenvalue weighted by atomic mass is 35.5. The van der Waals surface area contributed by atoms with Crippen LogP contribution in [0.5, 0.6) is 0 Å². The first kappa shape index (κ1) is 16.9. The molecule has 0 unspecified atom stereocenters. The number of nitrogens with zero attached hydrogens (tertiary/aromatic N) is 2. The minimum Gasteiger partial charge on any atom is -0.334 e. The van der Waals surface area contributed by atoms with E-state index in [1.165, 1.54) is 4.90 Å². The van der Waals surface area contributed by atoms with Crippen molar-refractivity contribution in [2.24, 2.45) is 0 Å². The van der Waals surface area contributed by atoms with Crippen LogP contribution in [-0.4, -0.2) is 48.3 Å². The van der Waals surface area contributed by atoms with Crippen molar-refractivity contribution >= 4 is 27.3 Å². The van der Waals surface area contributed by atoms with Gasteiger partial charge in [-0.05, 0) is 26.0 Å². The van der Waals surface area contributed by atoms with Gasteiger partial charge in [0.05, 0.1) is 5.75 Å². The van der Waals surface area contributed by atoms with Gasteiger partial charge in [0.2, 0.25) is 0 Å². The molecule has 20 heavy (non-hydrogen) atoms. The fourth-order valence-electron chi connectivity index (χ4n) is 1.91. The van der Waals surface area contributed by atoms with Gasteiger partial charge in [0.25, 0.3) is 5.91 Å². The number of amides is 1. The van der Waals surface area contributed by atoms with Crippen molar-refractivity contribution in [1.82, 2.24) is 9.88 Å². The zero-order valence-corrected chi connectivity index (χ0v) is 13.4. The van der Waals surface area contributed by atoms with Crippen LogP contribution >= 0.6 is 11.6 Å². The van der Waals surface area contributed by atoms with Crippen molar-refractivity contribution in [1.29, 1.82) is 0 Å². The molecular weight excluding hydrogens is 300 g/mol. The summed E-state index contributed by atoms with van der Waals surface area (Å²) < 4.78 is 23.3. The molecule has 1 rings (SSSR count). The summed E-state index contributed by atoms with van der Waals surface area (Å²) in [5.41, 5.74) is 0.222. The zero-order chi connectivity index (χ0) is 15.3. The van der Waals surface area contributed by atoms with E-state index in [-0.39, 0.29) is 28.3 Å². The van der Waals surface area contributed by atoms with Crippen LogP contribution in [0.3, 0.4) is 0 Å². The normalized spacial score (nSPS) is 13.0. The molecule has 112 valence electrons. The van der Waals surface area contributed by atoms with Crippen LogP contribution in [0.15, 0.2) is 18.2 Å². The van der Waals surface area contributed by atoms with Gasteiger partial charge in [-0.15, -0.1) is 0 Å². The minimum absolute atomic E-state index is 0.0519. The zero-order valence-electron chi connectivity index (χ0n) is 11.8. The maximum absolute atomic E-state index is 12.4. The Bertz CT molecular complexity index is 575. The molecule has 1 heterocycles. The lowest BCUT2D eigenvalue weighted by Gasteiger charge is -2.27. The van der Waals surface area contributed by atoms with Crippen molar-refractivity contribution in [2.45, 2.75) is 26.8 Å². The topological polar surface area (TPSA) is 67.3 Å². The summed E-state index contributed by atoms with van der Waals surface area (Å²) in [6.45, 7) is 5.53. The molecule has 0 aliphatic rings. The number of carbonyl (C=O) groups is 1. The third-order valence-electron chi connectivity index (χ3n) is 3.00. The second-order valence-electron chi connectivity index (χ2n) is 4.48. The molecule has 7 heteroatoms. The summed E-state index contributed by atoms with van der Waals surface area (Å²) >= 11 is 5.77. The predicted molar refractivity (Wildman–Crippen MR) is 79.7 cm³/mol. The Hall–Kier alpha value is -1.14. The monoisotopic (exact) mass is 318 g/mol. The first-order chi connectivity index (χ1) is 9.30.